The fourth-order valence-electron chi connectivity index (χ4n) is 5.31. The number of thiazole rings is 1. The Morgan fingerprint density at radius 3 is 2.69 bits per heavy atom. The van der Waals surface area contributed by atoms with E-state index in [1.807, 2.05) is 0 Å². The lowest BCUT2D eigenvalue weighted by Crippen LogP contribution is -2.71. The van der Waals surface area contributed by atoms with Crippen LogP contribution in [-0.2, 0) is 19.2 Å². The third-order valence-corrected chi connectivity index (χ3v) is 9.43. The van der Waals surface area contributed by atoms with Crippen LogP contribution < -0.4 is 11.1 Å². The molecular formula is C23H33N5O5S2. The number of oxime groups is 1. The third kappa shape index (κ3) is 4.87. The van der Waals surface area contributed by atoms with Crippen LogP contribution in [0.3, 0.4) is 0 Å². The summed E-state index contributed by atoms with van der Waals surface area (Å²) in [4.78, 5) is 49.4. The summed E-state index contributed by atoms with van der Waals surface area (Å²) in [6.07, 6.45) is 2.90. The number of nitrogens with one attached hydrogen (secondary N) is 1. The number of amides is 2. The van der Waals surface area contributed by atoms with Crippen LogP contribution in [0, 0.1) is 17.8 Å². The molecule has 6 atom stereocenters. The molecule has 2 amide bonds. The molecule has 3 aliphatic rings. The monoisotopic (exact) mass is 523 g/mol. The molecule has 35 heavy (non-hydrogen) atoms. The molecule has 2 aliphatic heterocycles. The van der Waals surface area contributed by atoms with Crippen molar-refractivity contribution in [3.8, 4) is 0 Å². The van der Waals surface area contributed by atoms with Gasteiger partial charge in [0.15, 0.2) is 10.8 Å². The molecule has 0 aromatic carbocycles. The zero-order chi connectivity index (χ0) is 25.7. The van der Waals surface area contributed by atoms with Gasteiger partial charge in [0.25, 0.3) is 5.91 Å². The van der Waals surface area contributed by atoms with Crippen molar-refractivity contribution in [3.05, 3.63) is 11.1 Å². The predicted molar refractivity (Wildman–Crippen MR) is 135 cm³/mol. The first-order chi connectivity index (χ1) is 16.4. The van der Waals surface area contributed by atoms with Gasteiger partial charge in [0.2, 0.25) is 5.91 Å². The average molecular weight is 524 g/mol. The number of carboxylic acids is 1. The number of thioether (sulfide) groups is 1. The van der Waals surface area contributed by atoms with Crippen molar-refractivity contribution in [3.63, 3.8) is 0 Å². The Bertz CT molecular complexity index is 1040. The Balaban J connectivity index is 1.54. The van der Waals surface area contributed by atoms with E-state index in [1.165, 1.54) is 28.0 Å². The van der Waals surface area contributed by atoms with Crippen molar-refractivity contribution in [1.29, 1.82) is 0 Å². The van der Waals surface area contributed by atoms with Gasteiger partial charge in [0.1, 0.15) is 29.3 Å². The van der Waals surface area contributed by atoms with Crippen LogP contribution in [0.5, 0.6) is 0 Å². The van der Waals surface area contributed by atoms with Crippen LogP contribution in [0.25, 0.3) is 0 Å². The van der Waals surface area contributed by atoms with E-state index in [0.29, 0.717) is 17.8 Å². The number of rotatable bonds is 7. The molecule has 2 saturated heterocycles. The molecule has 10 nitrogen and oxygen atoms in total. The van der Waals surface area contributed by atoms with Crippen LogP contribution >= 0.6 is 23.1 Å². The lowest BCUT2D eigenvalue weighted by molar-refractivity contribution is -0.160. The zero-order valence-corrected chi connectivity index (χ0v) is 22.2. The first kappa shape index (κ1) is 25.7. The average Bonchev–Trinajstić information content (AvgIpc) is 3.30. The minimum absolute atomic E-state index is 0.0398. The second-order valence-electron chi connectivity index (χ2n) is 10.5. The van der Waals surface area contributed by atoms with Crippen molar-refractivity contribution in [1.82, 2.24) is 15.2 Å². The molecule has 12 heteroatoms. The summed E-state index contributed by atoms with van der Waals surface area (Å²) >= 11 is 2.55. The minimum atomic E-state index is -1.06. The van der Waals surface area contributed by atoms with E-state index in [9.17, 15) is 19.5 Å². The molecule has 0 bridgehead atoms. The summed E-state index contributed by atoms with van der Waals surface area (Å²) in [5.41, 5.74) is 6.04. The molecule has 0 spiro atoms. The molecule has 3 fully saturated rings. The number of nitrogens with two attached hydrogens (primary N) is 1. The minimum Gasteiger partial charge on any atom is -0.480 e. The molecule has 0 unspecified atom stereocenters. The predicted octanol–water partition coefficient (Wildman–Crippen LogP) is 2.54. The maximum absolute atomic E-state index is 13.3. The third-order valence-electron chi connectivity index (χ3n) is 7.18. The van der Waals surface area contributed by atoms with E-state index in [4.69, 9.17) is 10.6 Å². The number of nitrogens with zero attached hydrogens (tertiary/aromatic N) is 3. The highest BCUT2D eigenvalue weighted by Crippen LogP contribution is 2.50. The van der Waals surface area contributed by atoms with E-state index < -0.39 is 40.0 Å². The Labute approximate surface area is 213 Å². The molecule has 4 N–H and O–H groups in total. The van der Waals surface area contributed by atoms with Crippen LogP contribution in [0.1, 0.15) is 59.6 Å². The van der Waals surface area contributed by atoms with Crippen LogP contribution in [0.15, 0.2) is 10.5 Å². The number of anilines is 1. The van der Waals surface area contributed by atoms with Gasteiger partial charge in [-0.3, -0.25) is 9.59 Å². The highest BCUT2D eigenvalue weighted by molar-refractivity contribution is 8.01. The molecule has 4 rings (SSSR count). The van der Waals surface area contributed by atoms with E-state index in [1.54, 1.807) is 19.2 Å². The van der Waals surface area contributed by atoms with E-state index in [-0.39, 0.29) is 22.6 Å². The smallest absolute Gasteiger partial charge is 0.327 e. The fourth-order valence-corrected chi connectivity index (χ4v) is 7.49. The summed E-state index contributed by atoms with van der Waals surface area (Å²) in [6.45, 7) is 10.1. The van der Waals surface area contributed by atoms with Gasteiger partial charge >= 0.3 is 5.97 Å². The van der Waals surface area contributed by atoms with Gasteiger partial charge in [-0.15, -0.1) is 23.1 Å². The summed E-state index contributed by atoms with van der Waals surface area (Å²) in [6, 6.07) is -1.80. The standard InChI is InChI=1S/C23H33N5O5S2/c1-10(2)12-7-6-11(3)8-14(12)33-27-15(13-9-34-22(24)25-13)18(29)26-16-19(30)28-17(21(31)32)23(4,5)35-20(16)28/h9-12,14,16-17,20H,6-8H2,1-5H3,(H2,24,25)(H,26,29)(H,31,32)/t11-,12+,14+,16-,17+,20-/m1/s1. The van der Waals surface area contributed by atoms with Crippen LogP contribution in [0.2, 0.25) is 0 Å². The van der Waals surface area contributed by atoms with Crippen LogP contribution in [-0.4, -0.2) is 66.8 Å². The highest BCUT2D eigenvalue weighted by atomic mass is 32.2. The van der Waals surface area contributed by atoms with E-state index in [0.717, 1.165) is 19.3 Å². The molecule has 1 aliphatic carbocycles. The quantitative estimate of drug-likeness (QED) is 0.281. The summed E-state index contributed by atoms with van der Waals surface area (Å²) in [5, 5.41) is 18.1. The second-order valence-corrected chi connectivity index (χ2v) is 13.2. The van der Waals surface area contributed by atoms with Crippen molar-refractivity contribution >= 4 is 51.7 Å². The topological polar surface area (TPSA) is 147 Å². The second kappa shape index (κ2) is 9.61. The number of hydrogen-bond donors (Lipinski definition) is 3. The summed E-state index contributed by atoms with van der Waals surface area (Å²) in [7, 11) is 0. The van der Waals surface area contributed by atoms with Gasteiger partial charge < -0.3 is 25.9 Å². The number of nitrogen functional groups attached to an aromatic ring is 1. The Morgan fingerprint density at radius 2 is 2.09 bits per heavy atom. The van der Waals surface area contributed by atoms with Gasteiger partial charge in [0, 0.05) is 16.0 Å². The van der Waals surface area contributed by atoms with Gasteiger partial charge in [-0.05, 0) is 38.5 Å². The Hall–Kier alpha value is -2.34. The number of aliphatic carboxylic acids is 1. The molecule has 1 aromatic rings. The van der Waals surface area contributed by atoms with E-state index >= 15 is 0 Å². The van der Waals surface area contributed by atoms with Gasteiger partial charge in [-0.25, -0.2) is 9.78 Å². The molecule has 1 aromatic heterocycles. The maximum Gasteiger partial charge on any atom is 0.327 e. The fraction of sp³-hybridized carbons (Fsp3) is 0.696. The first-order valence-electron chi connectivity index (χ1n) is 11.9. The van der Waals surface area contributed by atoms with Crippen molar-refractivity contribution in [2.45, 2.75) is 82.2 Å². The number of carboxylic acid groups (broad SMARTS) is 1. The maximum atomic E-state index is 13.3. The number of fused-ring (bicyclic) bond motifs is 1. The number of carbonyl (C=O) groups excluding carboxylic acids is 2. The molecule has 1 saturated carbocycles. The normalized spacial score (nSPS) is 32.2. The number of hydrogen-bond acceptors (Lipinski definition) is 9. The Kier molecular flexibility index (Phi) is 7.07. The largest absolute Gasteiger partial charge is 0.480 e. The van der Waals surface area contributed by atoms with E-state index in [2.05, 4.69) is 36.2 Å². The Morgan fingerprint density at radius 1 is 1.37 bits per heavy atom. The number of aromatic nitrogens is 1. The lowest BCUT2D eigenvalue weighted by Gasteiger charge is -2.43. The van der Waals surface area contributed by atoms with Gasteiger partial charge in [-0.1, -0.05) is 32.3 Å². The van der Waals surface area contributed by atoms with Crippen molar-refractivity contribution in [2.24, 2.45) is 22.9 Å². The molecular weight excluding hydrogens is 490 g/mol. The van der Waals surface area contributed by atoms with Crippen LogP contribution in [0.4, 0.5) is 5.13 Å². The summed E-state index contributed by atoms with van der Waals surface area (Å²) in [5.74, 6) is -0.840. The molecule has 3 heterocycles. The summed E-state index contributed by atoms with van der Waals surface area (Å²) < 4.78 is -0.682. The first-order valence-corrected chi connectivity index (χ1v) is 13.7. The van der Waals surface area contributed by atoms with Crippen molar-refractivity contribution < 1.29 is 24.3 Å². The zero-order valence-electron chi connectivity index (χ0n) is 20.6. The SMILES string of the molecule is CC(C)[C@@H]1CC[C@@H](C)C[C@@H]1ON=C(C(=O)N[C@@H]1C(=O)N2[C@@H]1SC(C)(C)[C@@H]2C(=O)O)c1csc(N)n1. The molecule has 192 valence electrons. The number of carbonyl (C=O) groups is 3. The van der Waals surface area contributed by atoms with Gasteiger partial charge in [-0.2, -0.15) is 0 Å². The molecule has 0 radical (unpaired) electrons. The lowest BCUT2D eigenvalue weighted by atomic mass is 9.75. The number of β-lactam (4-membered cyclic amide) rings is 1. The van der Waals surface area contributed by atoms with Crippen molar-refractivity contribution in [2.75, 3.05) is 5.73 Å². The van der Waals surface area contributed by atoms with Gasteiger partial charge in [0.05, 0.1) is 0 Å². The highest BCUT2D eigenvalue weighted by Gasteiger charge is 2.64.